The van der Waals surface area contributed by atoms with Crippen LogP contribution in [-0.2, 0) is 11.4 Å². The van der Waals surface area contributed by atoms with Crippen molar-refractivity contribution in [1.82, 2.24) is 5.32 Å². The molecule has 0 saturated carbocycles. The lowest BCUT2D eigenvalue weighted by atomic mass is 10.2. The maximum absolute atomic E-state index is 12.5. The van der Waals surface area contributed by atoms with Gasteiger partial charge in [0, 0.05) is 10.6 Å². The van der Waals surface area contributed by atoms with Crippen molar-refractivity contribution in [3.05, 3.63) is 89.3 Å². The highest BCUT2D eigenvalue weighted by molar-refractivity contribution is 14.1. The molecule has 0 atom stereocenters. The molecule has 3 aromatic rings. The van der Waals surface area contributed by atoms with Gasteiger partial charge in [-0.05, 0) is 76.3 Å². The van der Waals surface area contributed by atoms with Crippen LogP contribution in [0.5, 0.6) is 11.5 Å². The minimum Gasteiger partial charge on any atom is -0.493 e. The Balaban J connectivity index is 1.56. The fourth-order valence-corrected chi connectivity index (χ4v) is 5.19. The third-order valence-electron chi connectivity index (χ3n) is 4.68. The van der Waals surface area contributed by atoms with Crippen LogP contribution in [0.1, 0.15) is 11.1 Å². The number of hydrogen-bond donors (Lipinski definition) is 1. The lowest BCUT2D eigenvalue weighted by molar-refractivity contribution is -0.115. The van der Waals surface area contributed by atoms with E-state index in [2.05, 4.69) is 32.9 Å². The predicted molar refractivity (Wildman–Crippen MR) is 149 cm³/mol. The normalized spacial score (nSPS) is 15.6. The molecular weight excluding hydrogens is 630 g/mol. The quantitative estimate of drug-likeness (QED) is 0.220. The van der Waals surface area contributed by atoms with E-state index in [4.69, 9.17) is 44.3 Å². The number of amidine groups is 1. The number of aliphatic imine (C=N–C) groups is 1. The largest absolute Gasteiger partial charge is 0.493 e. The number of benzene rings is 3. The van der Waals surface area contributed by atoms with Crippen molar-refractivity contribution in [3.8, 4) is 11.5 Å². The second kappa shape index (κ2) is 11.2. The molecule has 1 fully saturated rings. The first kappa shape index (κ1) is 25.2. The summed E-state index contributed by atoms with van der Waals surface area (Å²) in [6, 6.07) is 16.4. The summed E-state index contributed by atoms with van der Waals surface area (Å²) < 4.78 is 12.4. The van der Waals surface area contributed by atoms with Crippen molar-refractivity contribution in [3.63, 3.8) is 0 Å². The highest BCUT2D eigenvalue weighted by Gasteiger charge is 2.24. The lowest BCUT2D eigenvalue weighted by Gasteiger charge is -2.14. The average molecular weight is 646 g/mol. The van der Waals surface area contributed by atoms with Crippen LogP contribution in [0.25, 0.3) is 6.08 Å². The van der Waals surface area contributed by atoms with E-state index in [1.54, 1.807) is 31.4 Å². The molecule has 0 radical (unpaired) electrons. The molecular formula is C24H16Cl3IN2O3S. The zero-order chi connectivity index (χ0) is 24.2. The summed E-state index contributed by atoms with van der Waals surface area (Å²) in [5, 5.41) is 4.53. The maximum Gasteiger partial charge on any atom is 0.264 e. The van der Waals surface area contributed by atoms with Crippen molar-refractivity contribution in [2.45, 2.75) is 6.61 Å². The minimum atomic E-state index is -0.255. The molecule has 1 heterocycles. The van der Waals surface area contributed by atoms with Gasteiger partial charge in [0.05, 0.1) is 31.3 Å². The van der Waals surface area contributed by atoms with E-state index in [0.29, 0.717) is 48.9 Å². The SMILES string of the molecule is COc1cc(/C=C2\SC(=Nc3cccc(Cl)c3Cl)NC2=O)cc(I)c1OCc1ccccc1Cl. The van der Waals surface area contributed by atoms with E-state index in [-0.39, 0.29) is 5.91 Å². The second-order valence-corrected chi connectivity index (χ2v) is 10.4. The monoisotopic (exact) mass is 644 g/mol. The standard InChI is InChI=1S/C24H16Cl3IN2O3S/c1-32-19-10-13(9-17(28)22(19)33-12-14-5-2-3-6-15(14)25)11-20-23(31)30-24(34-20)29-18-8-4-7-16(26)21(18)27/h2-11H,12H2,1H3,(H,29,30,31)/b20-11-. The Morgan fingerprint density at radius 2 is 1.85 bits per heavy atom. The van der Waals surface area contributed by atoms with Crippen LogP contribution in [0.15, 0.2) is 64.5 Å². The number of carbonyl (C=O) groups is 1. The highest BCUT2D eigenvalue weighted by atomic mass is 127. The molecule has 1 aliphatic rings. The molecule has 0 aliphatic carbocycles. The van der Waals surface area contributed by atoms with E-state index in [1.165, 1.54) is 11.8 Å². The van der Waals surface area contributed by atoms with Crippen molar-refractivity contribution in [2.24, 2.45) is 4.99 Å². The Kier molecular flexibility index (Phi) is 8.31. The Labute approximate surface area is 229 Å². The molecule has 0 spiro atoms. The van der Waals surface area contributed by atoms with Gasteiger partial charge >= 0.3 is 0 Å². The summed E-state index contributed by atoms with van der Waals surface area (Å²) in [4.78, 5) is 17.4. The van der Waals surface area contributed by atoms with Gasteiger partial charge in [0.1, 0.15) is 6.61 Å². The van der Waals surface area contributed by atoms with Crippen LogP contribution in [0, 0.1) is 3.57 Å². The fourth-order valence-electron chi connectivity index (χ4n) is 3.05. The Hall–Kier alpha value is -1.91. The van der Waals surface area contributed by atoms with E-state index >= 15 is 0 Å². The Morgan fingerprint density at radius 3 is 2.62 bits per heavy atom. The van der Waals surface area contributed by atoms with E-state index in [9.17, 15) is 4.79 Å². The number of methoxy groups -OCH3 is 1. The van der Waals surface area contributed by atoms with Crippen molar-refractivity contribution < 1.29 is 14.3 Å². The molecule has 34 heavy (non-hydrogen) atoms. The van der Waals surface area contributed by atoms with Gasteiger partial charge in [-0.1, -0.05) is 59.1 Å². The summed E-state index contributed by atoms with van der Waals surface area (Å²) in [6.45, 7) is 0.302. The lowest BCUT2D eigenvalue weighted by Crippen LogP contribution is -2.19. The molecule has 5 nitrogen and oxygen atoms in total. The van der Waals surface area contributed by atoms with E-state index in [1.807, 2.05) is 36.4 Å². The molecule has 0 unspecified atom stereocenters. The molecule has 0 bridgehead atoms. The van der Waals surface area contributed by atoms with Gasteiger partial charge in [-0.15, -0.1) is 0 Å². The van der Waals surface area contributed by atoms with Gasteiger partial charge in [0.2, 0.25) is 0 Å². The number of ether oxygens (including phenoxy) is 2. The third kappa shape index (κ3) is 5.83. The zero-order valence-corrected chi connectivity index (χ0v) is 22.8. The molecule has 1 aliphatic heterocycles. The molecule has 174 valence electrons. The topological polar surface area (TPSA) is 59.9 Å². The Morgan fingerprint density at radius 1 is 1.09 bits per heavy atom. The van der Waals surface area contributed by atoms with Crippen LogP contribution in [0.3, 0.4) is 0 Å². The second-order valence-electron chi connectivity index (χ2n) is 6.97. The number of nitrogens with zero attached hydrogens (tertiary/aromatic N) is 1. The number of carbonyl (C=O) groups excluding carboxylic acids is 1. The van der Waals surface area contributed by atoms with E-state index < -0.39 is 0 Å². The van der Waals surface area contributed by atoms with Crippen LogP contribution >= 0.6 is 69.2 Å². The predicted octanol–water partition coefficient (Wildman–Crippen LogP) is 7.73. The number of rotatable bonds is 6. The summed E-state index contributed by atoms with van der Waals surface area (Å²) >= 11 is 21.9. The first-order valence-corrected chi connectivity index (χ1v) is 12.9. The van der Waals surface area contributed by atoms with E-state index in [0.717, 1.165) is 14.7 Å². The first-order chi connectivity index (χ1) is 16.4. The molecule has 10 heteroatoms. The van der Waals surface area contributed by atoms with Crippen LogP contribution in [-0.4, -0.2) is 18.2 Å². The summed E-state index contributed by atoms with van der Waals surface area (Å²) in [6.07, 6.45) is 1.77. The molecule has 0 aromatic heterocycles. The van der Waals surface area contributed by atoms with Crippen molar-refractivity contribution >= 4 is 92.0 Å². The number of halogens is 4. The summed E-state index contributed by atoms with van der Waals surface area (Å²) in [5.74, 6) is 0.898. The van der Waals surface area contributed by atoms with Gasteiger partial charge in [0.25, 0.3) is 5.91 Å². The number of thioether (sulfide) groups is 1. The number of nitrogens with one attached hydrogen (secondary N) is 1. The minimum absolute atomic E-state index is 0.255. The van der Waals surface area contributed by atoms with Gasteiger partial charge in [0.15, 0.2) is 16.7 Å². The third-order valence-corrected chi connectivity index (χ3v) is 7.57. The molecule has 3 aromatic carbocycles. The number of hydrogen-bond acceptors (Lipinski definition) is 5. The maximum atomic E-state index is 12.5. The summed E-state index contributed by atoms with van der Waals surface area (Å²) in [5.41, 5.74) is 2.14. The Bertz CT molecular complexity index is 1330. The average Bonchev–Trinajstić information content (AvgIpc) is 3.15. The smallest absolute Gasteiger partial charge is 0.264 e. The van der Waals surface area contributed by atoms with Gasteiger partial charge < -0.3 is 14.8 Å². The fraction of sp³-hybridized carbons (Fsp3) is 0.0833. The first-order valence-electron chi connectivity index (χ1n) is 9.83. The van der Waals surface area contributed by atoms with Gasteiger partial charge in [-0.3, -0.25) is 4.79 Å². The van der Waals surface area contributed by atoms with Gasteiger partial charge in [-0.25, -0.2) is 4.99 Å². The van der Waals surface area contributed by atoms with Gasteiger partial charge in [-0.2, -0.15) is 0 Å². The van der Waals surface area contributed by atoms with Crippen molar-refractivity contribution in [2.75, 3.05) is 7.11 Å². The molecule has 1 amide bonds. The molecule has 1 saturated heterocycles. The van der Waals surface area contributed by atoms with Crippen LogP contribution in [0.4, 0.5) is 5.69 Å². The highest BCUT2D eigenvalue weighted by Crippen LogP contribution is 2.38. The molecule has 4 rings (SSSR count). The summed E-state index contributed by atoms with van der Waals surface area (Å²) in [7, 11) is 1.57. The zero-order valence-electron chi connectivity index (χ0n) is 17.6. The van der Waals surface area contributed by atoms with Crippen molar-refractivity contribution in [1.29, 1.82) is 0 Å². The number of amides is 1. The van der Waals surface area contributed by atoms with Crippen LogP contribution in [0.2, 0.25) is 15.1 Å². The molecule has 1 N–H and O–H groups in total. The van der Waals surface area contributed by atoms with Crippen LogP contribution < -0.4 is 14.8 Å².